The van der Waals surface area contributed by atoms with Crippen molar-refractivity contribution in [3.05, 3.63) is 0 Å². The second-order valence-corrected chi connectivity index (χ2v) is 16.6. The van der Waals surface area contributed by atoms with Gasteiger partial charge < -0.3 is 0 Å². The van der Waals surface area contributed by atoms with E-state index in [0.717, 1.165) is 0 Å². The Morgan fingerprint density at radius 2 is 0.341 bits per heavy atom. The monoisotopic (exact) mass is 836 g/mol. The Labute approximate surface area is 317 Å². The van der Waals surface area contributed by atoms with Crippen LogP contribution in [0.15, 0.2) is 0 Å². The molecule has 0 aromatic rings. The van der Waals surface area contributed by atoms with Crippen molar-refractivity contribution in [2.75, 3.05) is 0 Å². The van der Waals surface area contributed by atoms with E-state index < -0.39 is 32.5 Å². The molecule has 0 aliphatic carbocycles. The molecule has 0 amide bonds. The Morgan fingerprint density at radius 1 is 0.268 bits per heavy atom. The number of hydrogen-bond acceptors (Lipinski definition) is 6. The summed E-state index contributed by atoms with van der Waals surface area (Å²) in [6.07, 6.45) is 0.187. The van der Waals surface area contributed by atoms with Gasteiger partial charge >= 0.3 is 81.7 Å². The predicted octanol–water partition coefficient (Wildman–Crippen LogP) is 7.82. The Kier molecular flexibility index (Phi) is 24.1. The van der Waals surface area contributed by atoms with Gasteiger partial charge in [0.2, 0.25) is 0 Å². The van der Waals surface area contributed by atoms with E-state index in [2.05, 4.69) is 0 Å². The molecule has 0 spiro atoms. The van der Waals surface area contributed by atoms with Crippen LogP contribution >= 0.6 is 0 Å². The topological polar surface area (TPSA) is 102 Å². The molecular weight excluding hydrogens is 781 g/mol. The fraction of sp³-hybridized carbons (Fsp3) is 0.818. The van der Waals surface area contributed by atoms with E-state index in [1.165, 1.54) is 0 Å². The van der Waals surface area contributed by atoms with E-state index in [-0.39, 0.29) is 136 Å². The number of carbonyl (C=O) groups is 6. The molecule has 0 heterocycles. The minimum atomic E-state index is -0.402. The number of ketones is 6. The molecule has 0 saturated heterocycles. The molecule has 0 aromatic heterocycles. The summed E-state index contributed by atoms with van der Waals surface area (Å²) in [5, 5.41) is 0. The Morgan fingerprint density at radius 3 is 0.390 bits per heavy atom. The van der Waals surface area contributed by atoms with Gasteiger partial charge in [-0.25, -0.2) is 0 Å². The molecule has 0 bridgehead atoms. The van der Waals surface area contributed by atoms with E-state index in [1.54, 1.807) is 0 Å². The normalized spacial score (nSPS) is 12.1. The predicted molar refractivity (Wildman–Crippen MR) is 161 cm³/mol. The van der Waals surface area contributed by atoms with Gasteiger partial charge in [-0.1, -0.05) is 125 Å². The molecule has 6 nitrogen and oxygen atoms in total. The van der Waals surface area contributed by atoms with Crippen molar-refractivity contribution in [1.82, 2.24) is 0 Å². The van der Waals surface area contributed by atoms with Crippen molar-refractivity contribution in [2.45, 2.75) is 144 Å². The van der Waals surface area contributed by atoms with Gasteiger partial charge in [0.15, 0.2) is 0 Å². The standard InChI is InChI=1S/3C11H20O2.2Nd/c3*1-10(2,3)8(12)7-9(13)11(4,5)6;;/h3*7H2,1-6H3;;/q;;;2*+3. The van der Waals surface area contributed by atoms with E-state index in [1.807, 2.05) is 125 Å². The smallest absolute Gasteiger partial charge is 0.299 e. The first-order chi connectivity index (χ1) is 16.6. The van der Waals surface area contributed by atoms with Crippen LogP contribution in [0, 0.1) is 114 Å². The van der Waals surface area contributed by atoms with Crippen LogP contribution in [0.3, 0.4) is 0 Å². The summed E-state index contributed by atoms with van der Waals surface area (Å²) in [5.41, 5.74) is -2.41. The summed E-state index contributed by atoms with van der Waals surface area (Å²) in [7, 11) is 0. The number of carbonyl (C=O) groups excluding carboxylic acids is 6. The van der Waals surface area contributed by atoms with Crippen LogP contribution in [-0.4, -0.2) is 34.7 Å². The molecule has 0 unspecified atom stereocenters. The SMILES string of the molecule is CC(C)(C)C(=O)CC(=O)C(C)(C)C.CC(C)(C)C(=O)CC(=O)C(C)(C)C.CC(C)(C)C(=O)CC(=O)C(C)(C)C.[Nd+3].[Nd+3]. The third kappa shape index (κ3) is 25.7. The van der Waals surface area contributed by atoms with Gasteiger partial charge in [-0.15, -0.1) is 0 Å². The van der Waals surface area contributed by atoms with E-state index in [0.29, 0.717) is 0 Å². The summed E-state index contributed by atoms with van der Waals surface area (Å²) in [5.74, 6) is 0.125. The first-order valence-electron chi connectivity index (χ1n) is 13.8. The van der Waals surface area contributed by atoms with Crippen LogP contribution in [0.2, 0.25) is 0 Å². The van der Waals surface area contributed by atoms with Gasteiger partial charge in [-0.2, -0.15) is 0 Å². The van der Waals surface area contributed by atoms with Crippen LogP contribution < -0.4 is 0 Å². The fourth-order valence-electron chi connectivity index (χ4n) is 2.03. The Bertz CT molecular complexity index is 698. The largest absolute Gasteiger partial charge is 3.00 e. The number of hydrogen-bond donors (Lipinski definition) is 0. The van der Waals surface area contributed by atoms with E-state index >= 15 is 0 Å². The molecule has 0 fully saturated rings. The van der Waals surface area contributed by atoms with E-state index in [9.17, 15) is 28.8 Å². The average molecular weight is 841 g/mol. The van der Waals surface area contributed by atoms with Gasteiger partial charge in [0.05, 0.1) is 19.3 Å². The van der Waals surface area contributed by atoms with Crippen LogP contribution in [0.25, 0.3) is 0 Å². The summed E-state index contributed by atoms with van der Waals surface area (Å²) < 4.78 is 0. The zero-order chi connectivity index (χ0) is 32.6. The number of rotatable bonds is 6. The molecule has 41 heavy (non-hydrogen) atoms. The second kappa shape index (κ2) is 19.3. The zero-order valence-corrected chi connectivity index (χ0v) is 36.0. The van der Waals surface area contributed by atoms with Gasteiger partial charge in [-0.05, 0) is 0 Å². The fourth-order valence-corrected chi connectivity index (χ4v) is 2.03. The Hall–Kier alpha value is 0.721. The summed E-state index contributed by atoms with van der Waals surface area (Å²) in [4.78, 5) is 69.0. The van der Waals surface area contributed by atoms with Crippen LogP contribution in [0.5, 0.6) is 0 Å². The maximum atomic E-state index is 11.5. The molecule has 0 N–H and O–H groups in total. The number of Topliss-reactive ketones (excluding diaryl/α,β-unsaturated/α-hetero) is 6. The summed E-state index contributed by atoms with van der Waals surface area (Å²) >= 11 is 0. The molecule has 0 atom stereocenters. The molecule has 8 heteroatoms. The quantitative estimate of drug-likeness (QED) is 0.253. The molecule has 0 rings (SSSR count). The average Bonchev–Trinajstić information content (AvgIpc) is 2.64. The molecule has 0 aliphatic rings. The van der Waals surface area contributed by atoms with E-state index in [4.69, 9.17) is 0 Å². The summed E-state index contributed by atoms with van der Waals surface area (Å²) in [6.45, 7) is 33.1. The van der Waals surface area contributed by atoms with Crippen molar-refractivity contribution in [1.29, 1.82) is 0 Å². The third-order valence-electron chi connectivity index (χ3n) is 5.98. The van der Waals surface area contributed by atoms with Gasteiger partial charge in [-0.3, -0.25) is 28.8 Å². The van der Waals surface area contributed by atoms with Gasteiger partial charge in [0.25, 0.3) is 0 Å². The maximum Gasteiger partial charge on any atom is 3.00 e. The maximum absolute atomic E-state index is 11.5. The van der Waals surface area contributed by atoms with Crippen LogP contribution in [0.1, 0.15) is 144 Å². The van der Waals surface area contributed by atoms with Crippen LogP contribution in [-0.2, 0) is 28.8 Å². The minimum absolute atomic E-state index is 0. The van der Waals surface area contributed by atoms with Crippen molar-refractivity contribution < 1.29 is 110 Å². The molecule has 2 radical (unpaired) electrons. The zero-order valence-electron chi connectivity index (χ0n) is 29.6. The van der Waals surface area contributed by atoms with Crippen molar-refractivity contribution in [3.8, 4) is 0 Å². The first kappa shape index (κ1) is 51.3. The minimum Gasteiger partial charge on any atom is -0.299 e. The van der Waals surface area contributed by atoms with Crippen molar-refractivity contribution >= 4 is 34.7 Å². The second-order valence-electron chi connectivity index (χ2n) is 16.6. The van der Waals surface area contributed by atoms with Crippen molar-refractivity contribution in [3.63, 3.8) is 0 Å². The third-order valence-corrected chi connectivity index (χ3v) is 5.98. The van der Waals surface area contributed by atoms with Gasteiger partial charge in [0, 0.05) is 32.5 Å². The first-order valence-corrected chi connectivity index (χ1v) is 13.8. The van der Waals surface area contributed by atoms with Gasteiger partial charge in [0.1, 0.15) is 34.7 Å². The molecule has 0 aromatic carbocycles. The molecule has 0 aliphatic heterocycles. The molecular formula is C33H60Nd2O6+6. The molecule has 0 saturated carbocycles. The summed E-state index contributed by atoms with van der Waals surface area (Å²) in [6, 6.07) is 0. The Balaban J connectivity index is -0.000000154. The van der Waals surface area contributed by atoms with Crippen LogP contribution in [0.4, 0.5) is 0 Å². The molecule has 230 valence electrons. The van der Waals surface area contributed by atoms with Crippen molar-refractivity contribution in [2.24, 2.45) is 32.5 Å².